The summed E-state index contributed by atoms with van der Waals surface area (Å²) < 4.78 is 25.5. The predicted octanol–water partition coefficient (Wildman–Crippen LogP) is 3.56. The van der Waals surface area contributed by atoms with Crippen molar-refractivity contribution in [3.8, 4) is 0 Å². The molecule has 1 saturated heterocycles. The first-order valence-electron chi connectivity index (χ1n) is 10.8. The Morgan fingerprint density at radius 3 is 2.18 bits per heavy atom. The monoisotopic (exact) mass is 402 g/mol. The normalized spacial score (nSPS) is 35.3. The quantitative estimate of drug-likeness (QED) is 0.819. The number of sulfonamides is 1. The molecule has 6 rings (SSSR count). The lowest BCUT2D eigenvalue weighted by Crippen LogP contribution is -2.47. The SMILES string of the molecule is O=C(NCCC12CC3CC(CC(C3)C1)C2)c1ccc(N2CCCS2(=O)=O)cc1. The van der Waals surface area contributed by atoms with Crippen molar-refractivity contribution in [2.75, 3.05) is 23.1 Å². The molecule has 0 atom stereocenters. The van der Waals surface area contributed by atoms with Crippen LogP contribution in [0.1, 0.15) is 61.7 Å². The molecule has 28 heavy (non-hydrogen) atoms. The molecular formula is C22H30N2O3S. The second kappa shape index (κ2) is 6.75. The highest BCUT2D eigenvalue weighted by atomic mass is 32.2. The van der Waals surface area contributed by atoms with Gasteiger partial charge in [-0.1, -0.05) is 0 Å². The molecule has 1 amide bonds. The molecule has 0 spiro atoms. The molecule has 5 fully saturated rings. The molecule has 1 N–H and O–H groups in total. The molecule has 1 aromatic carbocycles. The van der Waals surface area contributed by atoms with E-state index < -0.39 is 10.0 Å². The molecule has 4 bridgehead atoms. The number of hydrogen-bond acceptors (Lipinski definition) is 3. The Balaban J connectivity index is 1.17. The summed E-state index contributed by atoms with van der Waals surface area (Å²) >= 11 is 0. The van der Waals surface area contributed by atoms with Gasteiger partial charge in [-0.2, -0.15) is 0 Å². The average Bonchev–Trinajstić information content (AvgIpc) is 2.99. The molecule has 1 aliphatic heterocycles. The van der Waals surface area contributed by atoms with Crippen molar-refractivity contribution in [3.05, 3.63) is 29.8 Å². The second-order valence-corrected chi connectivity index (χ2v) is 11.7. The first kappa shape index (κ1) is 18.5. The van der Waals surface area contributed by atoms with E-state index in [1.54, 1.807) is 24.3 Å². The minimum atomic E-state index is -3.18. The molecule has 5 aliphatic rings. The van der Waals surface area contributed by atoms with Crippen LogP contribution in [0.15, 0.2) is 24.3 Å². The van der Waals surface area contributed by atoms with Crippen molar-refractivity contribution in [2.24, 2.45) is 23.2 Å². The molecule has 4 aliphatic carbocycles. The van der Waals surface area contributed by atoms with Crippen LogP contribution in [-0.2, 0) is 10.0 Å². The summed E-state index contributed by atoms with van der Waals surface area (Å²) in [7, 11) is -3.18. The largest absolute Gasteiger partial charge is 0.352 e. The first-order valence-corrected chi connectivity index (χ1v) is 12.4. The molecule has 1 heterocycles. The number of amides is 1. The summed E-state index contributed by atoms with van der Waals surface area (Å²) in [4.78, 5) is 12.5. The summed E-state index contributed by atoms with van der Waals surface area (Å²) in [5.41, 5.74) is 1.74. The van der Waals surface area contributed by atoms with Crippen molar-refractivity contribution in [2.45, 2.75) is 51.4 Å². The van der Waals surface area contributed by atoms with Gasteiger partial charge in [-0.15, -0.1) is 0 Å². The minimum Gasteiger partial charge on any atom is -0.352 e. The van der Waals surface area contributed by atoms with Gasteiger partial charge in [0.25, 0.3) is 5.91 Å². The van der Waals surface area contributed by atoms with Crippen LogP contribution in [0.3, 0.4) is 0 Å². The van der Waals surface area contributed by atoms with E-state index in [-0.39, 0.29) is 11.7 Å². The molecule has 152 valence electrons. The van der Waals surface area contributed by atoms with Gasteiger partial charge in [-0.3, -0.25) is 9.10 Å². The Bertz CT molecular complexity index is 827. The Hall–Kier alpha value is -1.56. The van der Waals surface area contributed by atoms with Crippen molar-refractivity contribution < 1.29 is 13.2 Å². The number of anilines is 1. The fraction of sp³-hybridized carbons (Fsp3) is 0.682. The number of rotatable bonds is 5. The first-order chi connectivity index (χ1) is 13.4. The zero-order valence-electron chi connectivity index (χ0n) is 16.4. The van der Waals surface area contributed by atoms with Gasteiger partial charge in [0.1, 0.15) is 0 Å². The molecule has 6 heteroatoms. The van der Waals surface area contributed by atoms with Crippen molar-refractivity contribution in [1.29, 1.82) is 0 Å². The van der Waals surface area contributed by atoms with Gasteiger partial charge >= 0.3 is 0 Å². The van der Waals surface area contributed by atoms with Gasteiger partial charge in [0.15, 0.2) is 0 Å². The van der Waals surface area contributed by atoms with Crippen LogP contribution in [0.4, 0.5) is 5.69 Å². The third kappa shape index (κ3) is 3.34. The Morgan fingerprint density at radius 1 is 1.04 bits per heavy atom. The van der Waals surface area contributed by atoms with E-state index in [0.717, 1.165) is 30.7 Å². The van der Waals surface area contributed by atoms with Gasteiger partial charge in [0.2, 0.25) is 10.0 Å². The number of benzene rings is 1. The fourth-order valence-corrected chi connectivity index (χ4v) is 8.41. The maximum Gasteiger partial charge on any atom is 0.251 e. The molecule has 5 nitrogen and oxygen atoms in total. The highest BCUT2D eigenvalue weighted by molar-refractivity contribution is 7.93. The maximum atomic E-state index is 12.5. The zero-order chi connectivity index (χ0) is 19.4. The summed E-state index contributed by atoms with van der Waals surface area (Å²) in [6.45, 7) is 1.27. The average molecular weight is 403 g/mol. The van der Waals surface area contributed by atoms with Crippen LogP contribution in [-0.4, -0.2) is 33.2 Å². The van der Waals surface area contributed by atoms with E-state index in [2.05, 4.69) is 5.32 Å². The van der Waals surface area contributed by atoms with E-state index in [0.29, 0.717) is 29.6 Å². The van der Waals surface area contributed by atoms with Gasteiger partial charge in [-0.25, -0.2) is 8.42 Å². The zero-order valence-corrected chi connectivity index (χ0v) is 17.2. The van der Waals surface area contributed by atoms with Gasteiger partial charge < -0.3 is 5.32 Å². The minimum absolute atomic E-state index is 0.0550. The topological polar surface area (TPSA) is 66.5 Å². The number of carbonyl (C=O) groups is 1. The van der Waals surface area contributed by atoms with Crippen LogP contribution >= 0.6 is 0 Å². The summed E-state index contributed by atoms with van der Waals surface area (Å²) in [5.74, 6) is 2.98. The summed E-state index contributed by atoms with van der Waals surface area (Å²) in [6, 6.07) is 6.97. The number of carbonyl (C=O) groups excluding carboxylic acids is 1. The van der Waals surface area contributed by atoms with E-state index >= 15 is 0 Å². The highest BCUT2D eigenvalue weighted by Gasteiger charge is 2.50. The third-order valence-electron chi connectivity index (χ3n) is 7.62. The van der Waals surface area contributed by atoms with Crippen molar-refractivity contribution >= 4 is 21.6 Å². The number of nitrogens with one attached hydrogen (secondary N) is 1. The molecule has 4 saturated carbocycles. The van der Waals surface area contributed by atoms with Gasteiger partial charge in [0, 0.05) is 18.7 Å². The lowest BCUT2D eigenvalue weighted by molar-refractivity contribution is -0.0564. The summed E-state index contributed by atoms with van der Waals surface area (Å²) in [6.07, 6.45) is 10.2. The third-order valence-corrected chi connectivity index (χ3v) is 9.49. The van der Waals surface area contributed by atoms with Crippen molar-refractivity contribution in [1.82, 2.24) is 5.32 Å². The maximum absolute atomic E-state index is 12.5. The molecule has 0 unspecified atom stereocenters. The van der Waals surface area contributed by atoms with Crippen molar-refractivity contribution in [3.63, 3.8) is 0 Å². The van der Waals surface area contributed by atoms with E-state index in [9.17, 15) is 13.2 Å². The summed E-state index contributed by atoms with van der Waals surface area (Å²) in [5, 5.41) is 3.11. The smallest absolute Gasteiger partial charge is 0.251 e. The fourth-order valence-electron chi connectivity index (χ4n) is 6.85. The number of nitrogens with zero attached hydrogens (tertiary/aromatic N) is 1. The molecule has 0 radical (unpaired) electrons. The Labute approximate surface area is 167 Å². The van der Waals surface area contributed by atoms with Gasteiger partial charge in [-0.05, 0) is 98.8 Å². The standard InChI is InChI=1S/C22H30N2O3S/c25-21(19-2-4-20(5-3-19)24-8-1-9-28(24,26)27)23-7-6-22-13-16-10-17(14-22)12-18(11-16)15-22/h2-5,16-18H,1,6-15H2,(H,23,25). The highest BCUT2D eigenvalue weighted by Crippen LogP contribution is 2.61. The molecule has 1 aromatic rings. The van der Waals surface area contributed by atoms with Crippen LogP contribution in [0.2, 0.25) is 0 Å². The van der Waals surface area contributed by atoms with Crippen LogP contribution in [0.25, 0.3) is 0 Å². The Morgan fingerprint density at radius 2 is 1.64 bits per heavy atom. The second-order valence-electron chi connectivity index (χ2n) is 9.71. The van der Waals surface area contributed by atoms with Crippen LogP contribution < -0.4 is 9.62 Å². The van der Waals surface area contributed by atoms with Crippen LogP contribution in [0.5, 0.6) is 0 Å². The lowest BCUT2D eigenvalue weighted by atomic mass is 9.49. The molecule has 0 aromatic heterocycles. The molecular weight excluding hydrogens is 372 g/mol. The Kier molecular flexibility index (Phi) is 4.45. The van der Waals surface area contributed by atoms with E-state index in [1.165, 1.54) is 42.8 Å². The predicted molar refractivity (Wildman–Crippen MR) is 110 cm³/mol. The van der Waals surface area contributed by atoms with Crippen LogP contribution in [0, 0.1) is 23.2 Å². The lowest BCUT2D eigenvalue weighted by Gasteiger charge is -2.57. The van der Waals surface area contributed by atoms with Gasteiger partial charge in [0.05, 0.1) is 11.4 Å². The van der Waals surface area contributed by atoms with E-state index in [4.69, 9.17) is 0 Å². The van der Waals surface area contributed by atoms with E-state index in [1.807, 2.05) is 0 Å². The number of hydrogen-bond donors (Lipinski definition) is 1.